The fourth-order valence-electron chi connectivity index (χ4n) is 1.92. The average molecular weight is 275 g/mol. The lowest BCUT2D eigenvalue weighted by molar-refractivity contribution is -0.137. The highest BCUT2D eigenvalue weighted by atomic mass is 32.2. The van der Waals surface area contributed by atoms with E-state index in [2.05, 4.69) is 0 Å². The van der Waals surface area contributed by atoms with Crippen molar-refractivity contribution in [2.24, 2.45) is 0 Å². The lowest BCUT2D eigenvalue weighted by atomic mass is 10.0. The maximum atomic E-state index is 12.4. The van der Waals surface area contributed by atoms with Crippen LogP contribution < -0.4 is 0 Å². The quantitative estimate of drug-likeness (QED) is 0.773. The molecule has 0 N–H and O–H groups in total. The highest BCUT2D eigenvalue weighted by Gasteiger charge is 2.31. The van der Waals surface area contributed by atoms with Crippen LogP contribution in [0.15, 0.2) is 24.3 Å². The van der Waals surface area contributed by atoms with Crippen molar-refractivity contribution in [1.29, 1.82) is 0 Å². The Kier molecular flexibility index (Phi) is 3.85. The summed E-state index contributed by atoms with van der Waals surface area (Å²) in [6, 6.07) is 4.92. The van der Waals surface area contributed by atoms with Gasteiger partial charge in [0, 0.05) is 18.1 Å². The molecule has 0 aliphatic carbocycles. The second kappa shape index (κ2) is 5.22. The van der Waals surface area contributed by atoms with Crippen LogP contribution in [0.2, 0.25) is 0 Å². The van der Waals surface area contributed by atoms with E-state index >= 15 is 0 Å². The molecule has 1 unspecified atom stereocenters. The predicted octanol–water partition coefficient (Wildman–Crippen LogP) is 2.95. The van der Waals surface area contributed by atoms with Gasteiger partial charge in [-0.05, 0) is 17.7 Å². The molecule has 1 aromatic rings. The Labute approximate surface area is 107 Å². The molecule has 1 atom stereocenters. The molecular weight excluding hydrogens is 263 g/mol. The summed E-state index contributed by atoms with van der Waals surface area (Å²) in [7, 11) is 0. The largest absolute Gasteiger partial charge is 0.416 e. The molecule has 1 aromatic carbocycles. The zero-order chi connectivity index (χ0) is 13.2. The highest BCUT2D eigenvalue weighted by molar-refractivity contribution is 7.99. The van der Waals surface area contributed by atoms with Gasteiger partial charge < -0.3 is 4.90 Å². The second-order valence-corrected chi connectivity index (χ2v) is 5.20. The van der Waals surface area contributed by atoms with E-state index in [-0.39, 0.29) is 6.04 Å². The van der Waals surface area contributed by atoms with E-state index in [1.807, 2.05) is 0 Å². The van der Waals surface area contributed by atoms with Gasteiger partial charge in [0.1, 0.15) is 0 Å². The fraction of sp³-hybridized carbons (Fsp3) is 0.417. The van der Waals surface area contributed by atoms with Crippen LogP contribution in [0.25, 0.3) is 0 Å². The van der Waals surface area contributed by atoms with Gasteiger partial charge in [-0.25, -0.2) is 0 Å². The summed E-state index contributed by atoms with van der Waals surface area (Å²) < 4.78 is 37.3. The number of hydrogen-bond donors (Lipinski definition) is 0. The van der Waals surface area contributed by atoms with Crippen molar-refractivity contribution in [3.8, 4) is 0 Å². The van der Waals surface area contributed by atoms with Crippen LogP contribution >= 0.6 is 11.8 Å². The molecule has 1 saturated heterocycles. The van der Waals surface area contributed by atoms with E-state index < -0.39 is 11.7 Å². The van der Waals surface area contributed by atoms with Crippen molar-refractivity contribution in [2.45, 2.75) is 12.2 Å². The topological polar surface area (TPSA) is 20.3 Å². The van der Waals surface area contributed by atoms with Gasteiger partial charge in [-0.15, -0.1) is 0 Å². The lowest BCUT2D eigenvalue weighted by Gasteiger charge is -2.32. The van der Waals surface area contributed by atoms with E-state index in [9.17, 15) is 18.0 Å². The van der Waals surface area contributed by atoms with Crippen molar-refractivity contribution in [2.75, 3.05) is 18.1 Å². The third kappa shape index (κ3) is 2.80. The first kappa shape index (κ1) is 13.3. The van der Waals surface area contributed by atoms with Crippen LogP contribution in [0.3, 0.4) is 0 Å². The smallest absolute Gasteiger partial charge is 0.337 e. The molecule has 18 heavy (non-hydrogen) atoms. The molecule has 2 rings (SSSR count). The van der Waals surface area contributed by atoms with Gasteiger partial charge in [0.2, 0.25) is 6.41 Å². The fourth-order valence-corrected chi connectivity index (χ4v) is 3.04. The number of nitrogens with zero attached hydrogens (tertiary/aromatic N) is 1. The summed E-state index contributed by atoms with van der Waals surface area (Å²) in [6.07, 6.45) is -3.55. The van der Waals surface area contributed by atoms with Crippen LogP contribution in [-0.4, -0.2) is 29.4 Å². The summed E-state index contributed by atoms with van der Waals surface area (Å²) >= 11 is 1.70. The van der Waals surface area contributed by atoms with Crippen LogP contribution in [0.1, 0.15) is 17.2 Å². The van der Waals surface area contributed by atoms with Crippen molar-refractivity contribution < 1.29 is 18.0 Å². The predicted molar refractivity (Wildman–Crippen MR) is 64.3 cm³/mol. The van der Waals surface area contributed by atoms with Crippen molar-refractivity contribution in [3.05, 3.63) is 35.4 Å². The molecule has 0 bridgehead atoms. The number of alkyl halides is 3. The van der Waals surface area contributed by atoms with Crippen LogP contribution in [-0.2, 0) is 11.0 Å². The number of carbonyl (C=O) groups is 1. The number of halogens is 3. The maximum Gasteiger partial charge on any atom is 0.416 e. The normalized spacial score (nSPS) is 20.8. The SMILES string of the molecule is O=CN1CCSCC1c1ccc(C(F)(F)F)cc1. The lowest BCUT2D eigenvalue weighted by Crippen LogP contribution is -2.34. The van der Waals surface area contributed by atoms with E-state index in [4.69, 9.17) is 0 Å². The first-order chi connectivity index (χ1) is 8.52. The van der Waals surface area contributed by atoms with Gasteiger partial charge in [-0.2, -0.15) is 24.9 Å². The zero-order valence-electron chi connectivity index (χ0n) is 9.48. The Balaban J connectivity index is 2.20. The molecule has 0 aromatic heterocycles. The minimum atomic E-state index is -4.32. The van der Waals surface area contributed by atoms with Gasteiger partial charge in [-0.1, -0.05) is 12.1 Å². The summed E-state index contributed by atoms with van der Waals surface area (Å²) in [5.41, 5.74) is 0.0923. The van der Waals surface area contributed by atoms with Gasteiger partial charge in [0.15, 0.2) is 0 Å². The third-order valence-electron chi connectivity index (χ3n) is 2.93. The third-order valence-corrected chi connectivity index (χ3v) is 3.95. The number of carbonyl (C=O) groups excluding carboxylic acids is 1. The maximum absolute atomic E-state index is 12.4. The zero-order valence-corrected chi connectivity index (χ0v) is 10.3. The molecule has 1 heterocycles. The average Bonchev–Trinajstić information content (AvgIpc) is 2.38. The molecule has 0 saturated carbocycles. The first-order valence-electron chi connectivity index (χ1n) is 5.48. The monoisotopic (exact) mass is 275 g/mol. The van der Waals surface area contributed by atoms with Gasteiger partial charge >= 0.3 is 6.18 Å². The minimum absolute atomic E-state index is 0.122. The second-order valence-electron chi connectivity index (χ2n) is 4.05. The Morgan fingerprint density at radius 2 is 1.94 bits per heavy atom. The Hall–Kier alpha value is -1.17. The molecular formula is C12H12F3NOS. The Morgan fingerprint density at radius 1 is 1.28 bits per heavy atom. The summed E-state index contributed by atoms with van der Waals surface area (Å²) in [5, 5.41) is 0. The van der Waals surface area contributed by atoms with Crippen LogP contribution in [0.5, 0.6) is 0 Å². The molecule has 1 fully saturated rings. The molecule has 0 radical (unpaired) electrons. The van der Waals surface area contributed by atoms with E-state index in [0.29, 0.717) is 6.54 Å². The summed E-state index contributed by atoms with van der Waals surface area (Å²) in [5.74, 6) is 1.60. The first-order valence-corrected chi connectivity index (χ1v) is 6.64. The number of rotatable bonds is 2. The highest BCUT2D eigenvalue weighted by Crippen LogP contribution is 2.32. The number of thioether (sulfide) groups is 1. The summed E-state index contributed by atoms with van der Waals surface area (Å²) in [4.78, 5) is 12.5. The van der Waals surface area contributed by atoms with E-state index in [1.54, 1.807) is 16.7 Å². The molecule has 1 aliphatic rings. The van der Waals surface area contributed by atoms with Crippen LogP contribution in [0, 0.1) is 0 Å². The molecule has 2 nitrogen and oxygen atoms in total. The number of amides is 1. The van der Waals surface area contributed by atoms with Crippen molar-refractivity contribution in [3.63, 3.8) is 0 Å². The number of benzene rings is 1. The van der Waals surface area contributed by atoms with Gasteiger partial charge in [0.05, 0.1) is 11.6 Å². The molecule has 1 aliphatic heterocycles. The Bertz CT molecular complexity index is 418. The molecule has 1 amide bonds. The molecule has 6 heteroatoms. The van der Waals surface area contributed by atoms with Crippen molar-refractivity contribution >= 4 is 18.2 Å². The standard InChI is InChI=1S/C12H12F3NOS/c13-12(14,15)10-3-1-9(2-4-10)11-7-18-6-5-16(11)8-17/h1-4,8,11H,5-7H2. The number of hydrogen-bond acceptors (Lipinski definition) is 2. The van der Waals surface area contributed by atoms with Gasteiger partial charge in [-0.3, -0.25) is 4.79 Å². The Morgan fingerprint density at radius 3 is 2.50 bits per heavy atom. The summed E-state index contributed by atoms with van der Waals surface area (Å²) in [6.45, 7) is 0.639. The van der Waals surface area contributed by atoms with Crippen LogP contribution in [0.4, 0.5) is 13.2 Å². The molecule has 0 spiro atoms. The van der Waals surface area contributed by atoms with Crippen molar-refractivity contribution in [1.82, 2.24) is 4.90 Å². The van der Waals surface area contributed by atoms with E-state index in [0.717, 1.165) is 35.6 Å². The molecule has 98 valence electrons. The van der Waals surface area contributed by atoms with E-state index in [1.165, 1.54) is 12.1 Å². The minimum Gasteiger partial charge on any atom is -0.337 e. The van der Waals surface area contributed by atoms with Gasteiger partial charge in [0.25, 0.3) is 0 Å².